The van der Waals surface area contributed by atoms with Crippen molar-refractivity contribution in [3.8, 4) is 0 Å². The first kappa shape index (κ1) is 13.2. The number of anilines is 1. The van der Waals surface area contributed by atoms with E-state index in [9.17, 15) is 9.59 Å². The summed E-state index contributed by atoms with van der Waals surface area (Å²) < 4.78 is 6.70. The smallest absolute Gasteiger partial charge is 0.241 e. The molecule has 2 amide bonds. The van der Waals surface area contributed by atoms with Gasteiger partial charge in [0, 0.05) is 4.47 Å². The van der Waals surface area contributed by atoms with Crippen molar-refractivity contribution < 1.29 is 14.3 Å². The van der Waals surface area contributed by atoms with Crippen molar-refractivity contribution in [2.24, 2.45) is 11.8 Å². The van der Waals surface area contributed by atoms with Crippen LogP contribution in [0.15, 0.2) is 34.8 Å². The van der Waals surface area contributed by atoms with E-state index in [1.807, 2.05) is 44.2 Å². The highest BCUT2D eigenvalue weighted by atomic mass is 79.9. The molecule has 21 heavy (non-hydrogen) atoms. The van der Waals surface area contributed by atoms with Crippen LogP contribution in [0, 0.1) is 18.8 Å². The molecule has 0 radical (unpaired) electrons. The van der Waals surface area contributed by atoms with E-state index in [2.05, 4.69) is 15.9 Å². The Morgan fingerprint density at radius 3 is 2.71 bits per heavy atom. The van der Waals surface area contributed by atoms with Gasteiger partial charge in [-0.05, 0) is 31.5 Å². The Balaban J connectivity index is 1.78. The molecule has 5 heteroatoms. The van der Waals surface area contributed by atoms with Crippen molar-refractivity contribution in [3.63, 3.8) is 0 Å². The third-order valence-electron chi connectivity index (χ3n) is 4.74. The first-order valence-corrected chi connectivity index (χ1v) is 7.73. The van der Waals surface area contributed by atoms with E-state index >= 15 is 0 Å². The Morgan fingerprint density at radius 2 is 2.05 bits per heavy atom. The second-order valence-electron chi connectivity index (χ2n) is 6.07. The zero-order valence-corrected chi connectivity index (χ0v) is 13.3. The third-order valence-corrected chi connectivity index (χ3v) is 5.60. The summed E-state index contributed by atoms with van der Waals surface area (Å²) >= 11 is 3.45. The molecule has 2 saturated heterocycles. The molecular formula is C16H14BrNO3. The average molecular weight is 348 g/mol. The van der Waals surface area contributed by atoms with Crippen LogP contribution in [0.3, 0.4) is 0 Å². The van der Waals surface area contributed by atoms with Gasteiger partial charge in [0.05, 0.1) is 29.2 Å². The molecule has 0 unspecified atom stereocenters. The van der Waals surface area contributed by atoms with Gasteiger partial charge in [-0.3, -0.25) is 9.59 Å². The number of rotatable bonds is 1. The molecule has 108 valence electrons. The summed E-state index contributed by atoms with van der Waals surface area (Å²) in [6.45, 7) is 3.85. The van der Waals surface area contributed by atoms with Crippen LogP contribution in [0.1, 0.15) is 12.5 Å². The first-order valence-electron chi connectivity index (χ1n) is 6.93. The fourth-order valence-electron chi connectivity index (χ4n) is 3.63. The van der Waals surface area contributed by atoms with Crippen LogP contribution in [0.25, 0.3) is 0 Å². The summed E-state index contributed by atoms with van der Waals surface area (Å²) in [6, 6.07) is 5.54. The Bertz CT molecular complexity index is 713. The van der Waals surface area contributed by atoms with E-state index in [-0.39, 0.29) is 23.8 Å². The lowest BCUT2D eigenvalue weighted by molar-refractivity contribution is -0.126. The molecule has 0 N–H and O–H groups in total. The Hall–Kier alpha value is -1.46. The van der Waals surface area contributed by atoms with Gasteiger partial charge < -0.3 is 4.74 Å². The minimum absolute atomic E-state index is 0.154. The molecule has 2 fully saturated rings. The fourth-order valence-corrected chi connectivity index (χ4v) is 3.99. The third kappa shape index (κ3) is 1.59. The number of halogens is 1. The normalized spacial score (nSPS) is 36.7. The van der Waals surface area contributed by atoms with Crippen LogP contribution in [0.5, 0.6) is 0 Å². The summed E-state index contributed by atoms with van der Waals surface area (Å²) in [5.41, 5.74) is 1.05. The number of aryl methyl sites for hydroxylation is 1. The van der Waals surface area contributed by atoms with Gasteiger partial charge in [0.15, 0.2) is 0 Å². The van der Waals surface area contributed by atoms with Gasteiger partial charge in [0.25, 0.3) is 0 Å². The lowest BCUT2D eigenvalue weighted by Gasteiger charge is -2.24. The fraction of sp³-hybridized carbons (Fsp3) is 0.375. The zero-order chi connectivity index (χ0) is 14.9. The molecule has 3 aliphatic heterocycles. The maximum absolute atomic E-state index is 12.8. The predicted octanol–water partition coefficient (Wildman–Crippen LogP) is 2.59. The molecule has 0 aliphatic carbocycles. The molecule has 0 spiro atoms. The molecule has 4 nitrogen and oxygen atoms in total. The SMILES string of the molecule is Cc1ccc(N2C(=O)[C@H]3[C@@H]4C=C[C@@](C)(O4)[C@H]3C2=O)cc1Br. The van der Waals surface area contributed by atoms with Crippen molar-refractivity contribution in [2.75, 3.05) is 4.90 Å². The van der Waals surface area contributed by atoms with E-state index in [4.69, 9.17) is 4.74 Å². The highest BCUT2D eigenvalue weighted by molar-refractivity contribution is 9.10. The van der Waals surface area contributed by atoms with Gasteiger partial charge >= 0.3 is 0 Å². The monoisotopic (exact) mass is 347 g/mol. The Labute approximate surface area is 130 Å². The zero-order valence-electron chi connectivity index (χ0n) is 11.7. The number of imide groups is 1. The quantitative estimate of drug-likeness (QED) is 0.579. The van der Waals surface area contributed by atoms with E-state index < -0.39 is 11.5 Å². The number of fused-ring (bicyclic) bond motifs is 5. The van der Waals surface area contributed by atoms with Crippen molar-refractivity contribution in [1.82, 2.24) is 0 Å². The molecule has 2 bridgehead atoms. The first-order chi connectivity index (χ1) is 9.92. The average Bonchev–Trinajstić information content (AvgIpc) is 3.03. The number of hydrogen-bond acceptors (Lipinski definition) is 3. The molecule has 0 saturated carbocycles. The van der Waals surface area contributed by atoms with Gasteiger partial charge in [-0.2, -0.15) is 0 Å². The maximum Gasteiger partial charge on any atom is 0.241 e. The largest absolute Gasteiger partial charge is 0.362 e. The van der Waals surface area contributed by atoms with Crippen molar-refractivity contribution in [1.29, 1.82) is 0 Å². The Morgan fingerprint density at radius 1 is 1.29 bits per heavy atom. The summed E-state index contributed by atoms with van der Waals surface area (Å²) in [5.74, 6) is -1.10. The minimum Gasteiger partial charge on any atom is -0.362 e. The second-order valence-corrected chi connectivity index (χ2v) is 6.93. The number of ether oxygens (including phenoxy) is 1. The highest BCUT2D eigenvalue weighted by Gasteiger charge is 2.66. The van der Waals surface area contributed by atoms with Gasteiger partial charge in [-0.1, -0.05) is 34.1 Å². The highest BCUT2D eigenvalue weighted by Crippen LogP contribution is 2.52. The van der Waals surface area contributed by atoms with Crippen molar-refractivity contribution >= 4 is 33.4 Å². The molecule has 3 aliphatic rings. The predicted molar refractivity (Wildman–Crippen MR) is 80.8 cm³/mol. The summed E-state index contributed by atoms with van der Waals surface area (Å²) in [4.78, 5) is 26.8. The number of nitrogens with zero attached hydrogens (tertiary/aromatic N) is 1. The number of benzene rings is 1. The summed E-state index contributed by atoms with van der Waals surface area (Å²) in [6.07, 6.45) is 3.55. The van der Waals surface area contributed by atoms with E-state index in [0.29, 0.717) is 5.69 Å². The maximum atomic E-state index is 12.8. The van der Waals surface area contributed by atoms with E-state index in [1.54, 1.807) is 0 Å². The van der Waals surface area contributed by atoms with Gasteiger partial charge in [0.2, 0.25) is 11.8 Å². The van der Waals surface area contributed by atoms with Crippen LogP contribution < -0.4 is 4.90 Å². The molecule has 1 aromatic carbocycles. The van der Waals surface area contributed by atoms with Crippen LogP contribution in [-0.4, -0.2) is 23.5 Å². The van der Waals surface area contributed by atoms with Gasteiger partial charge in [-0.15, -0.1) is 0 Å². The number of hydrogen-bond donors (Lipinski definition) is 0. The van der Waals surface area contributed by atoms with Crippen LogP contribution >= 0.6 is 15.9 Å². The molecule has 3 heterocycles. The van der Waals surface area contributed by atoms with Crippen molar-refractivity contribution in [3.05, 3.63) is 40.4 Å². The van der Waals surface area contributed by atoms with Crippen LogP contribution in [0.2, 0.25) is 0 Å². The lowest BCUT2D eigenvalue weighted by atomic mass is 9.78. The van der Waals surface area contributed by atoms with Gasteiger partial charge in [0.1, 0.15) is 0 Å². The number of carbonyl (C=O) groups excluding carboxylic acids is 2. The van der Waals surface area contributed by atoms with E-state index in [0.717, 1.165) is 10.0 Å². The standard InChI is InChI=1S/C16H14BrNO3/c1-8-3-4-9(7-10(8)17)18-14(19)12-11-5-6-16(2,21-11)13(12)15(18)20/h3-7,11-13H,1-2H3/t11-,12-,13+,16+/m0/s1. The van der Waals surface area contributed by atoms with Crippen LogP contribution in [-0.2, 0) is 14.3 Å². The van der Waals surface area contributed by atoms with Gasteiger partial charge in [-0.25, -0.2) is 4.90 Å². The molecular weight excluding hydrogens is 334 g/mol. The number of amides is 2. The second kappa shape index (κ2) is 4.05. The summed E-state index contributed by atoms with van der Waals surface area (Å²) in [7, 11) is 0. The van der Waals surface area contributed by atoms with E-state index in [1.165, 1.54) is 4.90 Å². The summed E-state index contributed by atoms with van der Waals surface area (Å²) in [5, 5.41) is 0. The lowest BCUT2D eigenvalue weighted by Crippen LogP contribution is -2.38. The molecule has 4 atom stereocenters. The van der Waals surface area contributed by atoms with Crippen LogP contribution in [0.4, 0.5) is 5.69 Å². The molecule has 0 aromatic heterocycles. The molecule has 4 rings (SSSR count). The Kier molecular flexibility index (Phi) is 2.55. The topological polar surface area (TPSA) is 46.6 Å². The number of carbonyl (C=O) groups is 2. The minimum atomic E-state index is -0.640. The van der Waals surface area contributed by atoms with Crippen molar-refractivity contribution in [2.45, 2.75) is 25.6 Å². The molecule has 1 aromatic rings.